The summed E-state index contributed by atoms with van der Waals surface area (Å²) in [5, 5.41) is 0. The summed E-state index contributed by atoms with van der Waals surface area (Å²) < 4.78 is 37.9. The highest BCUT2D eigenvalue weighted by molar-refractivity contribution is 6.09. The summed E-state index contributed by atoms with van der Waals surface area (Å²) in [6.07, 6.45) is -3.60. The first-order valence-corrected chi connectivity index (χ1v) is 6.22. The number of benzene rings is 2. The second kappa shape index (κ2) is 5.49. The molecular formula is C16H13F3O. The van der Waals surface area contributed by atoms with E-state index in [4.69, 9.17) is 0 Å². The van der Waals surface area contributed by atoms with Crippen LogP contribution in [0.15, 0.2) is 48.5 Å². The minimum atomic E-state index is -4.44. The van der Waals surface area contributed by atoms with Gasteiger partial charge in [0.05, 0.1) is 5.56 Å². The molecule has 0 amide bonds. The van der Waals surface area contributed by atoms with Crippen LogP contribution >= 0.6 is 0 Å². The van der Waals surface area contributed by atoms with E-state index in [0.717, 1.165) is 24.1 Å². The molecule has 0 heterocycles. The number of halogens is 3. The highest BCUT2D eigenvalue weighted by atomic mass is 19.4. The Balaban J connectivity index is 2.33. The fraction of sp³-hybridized carbons (Fsp3) is 0.188. The van der Waals surface area contributed by atoms with Gasteiger partial charge in [0.25, 0.3) is 0 Å². The van der Waals surface area contributed by atoms with Crippen molar-refractivity contribution in [3.05, 3.63) is 70.8 Å². The fourth-order valence-electron chi connectivity index (χ4n) is 1.90. The van der Waals surface area contributed by atoms with Crippen molar-refractivity contribution in [2.75, 3.05) is 0 Å². The molecule has 20 heavy (non-hydrogen) atoms. The smallest absolute Gasteiger partial charge is 0.289 e. The van der Waals surface area contributed by atoms with Gasteiger partial charge in [-0.15, -0.1) is 0 Å². The molecule has 104 valence electrons. The topological polar surface area (TPSA) is 17.1 Å². The molecule has 0 aliphatic rings. The molecule has 1 nitrogen and oxygen atoms in total. The molecule has 0 radical (unpaired) electrons. The van der Waals surface area contributed by atoms with Gasteiger partial charge >= 0.3 is 6.18 Å². The normalized spacial score (nSPS) is 11.4. The van der Waals surface area contributed by atoms with E-state index in [9.17, 15) is 18.0 Å². The molecule has 0 unspecified atom stereocenters. The van der Waals surface area contributed by atoms with Gasteiger partial charge in [0.15, 0.2) is 5.78 Å². The van der Waals surface area contributed by atoms with E-state index in [1.54, 1.807) is 24.3 Å². The molecule has 0 aliphatic heterocycles. The zero-order valence-electron chi connectivity index (χ0n) is 10.9. The number of ketones is 1. The van der Waals surface area contributed by atoms with Gasteiger partial charge < -0.3 is 0 Å². The molecule has 0 aliphatic carbocycles. The van der Waals surface area contributed by atoms with Crippen molar-refractivity contribution in [3.63, 3.8) is 0 Å². The Kier molecular flexibility index (Phi) is 3.93. The molecule has 0 bridgehead atoms. The SMILES string of the molecule is CCc1ccc(C(=O)c2cccc(C(F)(F)F)c2)cc1. The number of alkyl halides is 3. The first-order chi connectivity index (χ1) is 9.41. The Hall–Kier alpha value is -2.10. The van der Waals surface area contributed by atoms with E-state index in [1.165, 1.54) is 12.1 Å². The van der Waals surface area contributed by atoms with Crippen LogP contribution in [0.5, 0.6) is 0 Å². The molecule has 2 rings (SSSR count). The predicted molar refractivity (Wildman–Crippen MR) is 70.7 cm³/mol. The Morgan fingerprint density at radius 1 is 1.00 bits per heavy atom. The van der Waals surface area contributed by atoms with Gasteiger partial charge in [-0.2, -0.15) is 13.2 Å². The average Bonchev–Trinajstić information content (AvgIpc) is 2.46. The van der Waals surface area contributed by atoms with Crippen molar-refractivity contribution in [1.29, 1.82) is 0 Å². The molecule has 0 spiro atoms. The highest BCUT2D eigenvalue weighted by Crippen LogP contribution is 2.30. The zero-order chi connectivity index (χ0) is 14.8. The predicted octanol–water partition coefficient (Wildman–Crippen LogP) is 4.50. The third-order valence-corrected chi connectivity index (χ3v) is 3.08. The third-order valence-electron chi connectivity index (χ3n) is 3.08. The van der Waals surface area contributed by atoms with Gasteiger partial charge in [0.1, 0.15) is 0 Å². The van der Waals surface area contributed by atoms with E-state index in [2.05, 4.69) is 0 Å². The monoisotopic (exact) mass is 278 g/mol. The van der Waals surface area contributed by atoms with Crippen LogP contribution in [0.25, 0.3) is 0 Å². The summed E-state index contributed by atoms with van der Waals surface area (Å²) in [6.45, 7) is 1.99. The molecule has 2 aromatic rings. The Morgan fingerprint density at radius 2 is 1.65 bits per heavy atom. The van der Waals surface area contributed by atoms with Crippen LogP contribution < -0.4 is 0 Å². The fourth-order valence-corrected chi connectivity index (χ4v) is 1.90. The van der Waals surface area contributed by atoms with E-state index in [-0.39, 0.29) is 5.56 Å². The first-order valence-electron chi connectivity index (χ1n) is 6.22. The van der Waals surface area contributed by atoms with Crippen LogP contribution in [0.3, 0.4) is 0 Å². The zero-order valence-corrected chi connectivity index (χ0v) is 10.9. The number of hydrogen-bond acceptors (Lipinski definition) is 1. The van der Waals surface area contributed by atoms with E-state index in [0.29, 0.717) is 5.56 Å². The van der Waals surface area contributed by atoms with Gasteiger partial charge in [-0.3, -0.25) is 4.79 Å². The standard InChI is InChI=1S/C16H13F3O/c1-2-11-6-8-12(9-7-11)15(20)13-4-3-5-14(10-13)16(17,18)19/h3-10H,2H2,1H3. The quantitative estimate of drug-likeness (QED) is 0.755. The molecule has 0 N–H and O–H groups in total. The van der Waals surface area contributed by atoms with Crippen molar-refractivity contribution in [3.8, 4) is 0 Å². The summed E-state index contributed by atoms with van der Waals surface area (Å²) in [4.78, 5) is 12.2. The van der Waals surface area contributed by atoms with Gasteiger partial charge in [0, 0.05) is 11.1 Å². The summed E-state index contributed by atoms with van der Waals surface area (Å²) in [6, 6.07) is 11.4. The molecule has 0 atom stereocenters. The van der Waals surface area contributed by atoms with E-state index >= 15 is 0 Å². The van der Waals surface area contributed by atoms with Crippen LogP contribution in [0.1, 0.15) is 34.0 Å². The van der Waals surface area contributed by atoms with Crippen molar-refractivity contribution >= 4 is 5.78 Å². The van der Waals surface area contributed by atoms with Crippen LogP contribution in [-0.2, 0) is 12.6 Å². The van der Waals surface area contributed by atoms with Crippen LogP contribution in [0.2, 0.25) is 0 Å². The lowest BCUT2D eigenvalue weighted by Gasteiger charge is -2.08. The minimum absolute atomic E-state index is 0.0454. The molecule has 4 heteroatoms. The van der Waals surface area contributed by atoms with Crippen molar-refractivity contribution < 1.29 is 18.0 Å². The number of rotatable bonds is 3. The third kappa shape index (κ3) is 3.07. The number of hydrogen-bond donors (Lipinski definition) is 0. The summed E-state index contributed by atoms with van der Waals surface area (Å²) in [5.41, 5.74) is 0.699. The second-order valence-electron chi connectivity index (χ2n) is 4.46. The van der Waals surface area contributed by atoms with Crippen LogP contribution in [0.4, 0.5) is 13.2 Å². The lowest BCUT2D eigenvalue weighted by atomic mass is 10.00. The first kappa shape index (κ1) is 14.3. The number of carbonyl (C=O) groups is 1. The maximum absolute atomic E-state index is 12.6. The molecule has 0 saturated carbocycles. The van der Waals surface area contributed by atoms with Crippen LogP contribution in [-0.4, -0.2) is 5.78 Å². The van der Waals surface area contributed by atoms with Gasteiger partial charge in [-0.25, -0.2) is 0 Å². The summed E-state index contributed by atoms with van der Waals surface area (Å²) in [5.74, 6) is -0.404. The molecular weight excluding hydrogens is 265 g/mol. The van der Waals surface area contributed by atoms with Crippen molar-refractivity contribution in [2.24, 2.45) is 0 Å². The molecule has 0 fully saturated rings. The van der Waals surface area contributed by atoms with Gasteiger partial charge in [-0.05, 0) is 24.1 Å². The molecule has 0 aromatic heterocycles. The molecule has 0 saturated heterocycles. The van der Waals surface area contributed by atoms with Gasteiger partial charge in [0.2, 0.25) is 0 Å². The number of aryl methyl sites for hydroxylation is 1. The molecule has 2 aromatic carbocycles. The largest absolute Gasteiger partial charge is 0.416 e. The van der Waals surface area contributed by atoms with E-state index in [1.807, 2.05) is 6.92 Å². The van der Waals surface area contributed by atoms with Crippen LogP contribution in [0, 0.1) is 0 Å². The van der Waals surface area contributed by atoms with Crippen molar-refractivity contribution in [2.45, 2.75) is 19.5 Å². The average molecular weight is 278 g/mol. The lowest BCUT2D eigenvalue weighted by molar-refractivity contribution is -0.137. The Labute approximate surface area is 115 Å². The summed E-state index contributed by atoms with van der Waals surface area (Å²) in [7, 11) is 0. The summed E-state index contributed by atoms with van der Waals surface area (Å²) >= 11 is 0. The van der Waals surface area contributed by atoms with Gasteiger partial charge in [-0.1, -0.05) is 43.3 Å². The lowest BCUT2D eigenvalue weighted by Crippen LogP contribution is -2.08. The number of carbonyl (C=O) groups excluding carboxylic acids is 1. The maximum atomic E-state index is 12.6. The van der Waals surface area contributed by atoms with E-state index < -0.39 is 17.5 Å². The minimum Gasteiger partial charge on any atom is -0.289 e. The maximum Gasteiger partial charge on any atom is 0.416 e. The Bertz CT molecular complexity index is 612. The second-order valence-corrected chi connectivity index (χ2v) is 4.46. The Morgan fingerprint density at radius 3 is 2.20 bits per heavy atom. The highest BCUT2D eigenvalue weighted by Gasteiger charge is 2.30. The van der Waals surface area contributed by atoms with Crippen molar-refractivity contribution in [1.82, 2.24) is 0 Å².